The molecule has 0 radical (unpaired) electrons. The second kappa shape index (κ2) is 7.48. The van der Waals surface area contributed by atoms with Crippen molar-refractivity contribution >= 4 is 33.0 Å². The van der Waals surface area contributed by atoms with E-state index < -0.39 is 9.84 Å². The van der Waals surface area contributed by atoms with Gasteiger partial charge in [0.05, 0.1) is 15.8 Å². The van der Waals surface area contributed by atoms with E-state index in [0.29, 0.717) is 16.5 Å². The second-order valence-electron chi connectivity index (χ2n) is 4.66. The molecule has 1 rings (SSSR count). The summed E-state index contributed by atoms with van der Waals surface area (Å²) in [6.45, 7) is 2.81. The predicted molar refractivity (Wildman–Crippen MR) is 82.0 cm³/mol. The average Bonchev–Trinajstić information content (AvgIpc) is 2.30. The van der Waals surface area contributed by atoms with Crippen LogP contribution in [0.2, 0.25) is 10.0 Å². The zero-order chi connectivity index (χ0) is 14.5. The Morgan fingerprint density at radius 2 is 2.00 bits per heavy atom. The summed E-state index contributed by atoms with van der Waals surface area (Å²) < 4.78 is 22.9. The van der Waals surface area contributed by atoms with Crippen molar-refractivity contribution in [2.75, 3.05) is 18.6 Å². The van der Waals surface area contributed by atoms with Gasteiger partial charge in [-0.25, -0.2) is 8.42 Å². The fourth-order valence-electron chi connectivity index (χ4n) is 1.88. The van der Waals surface area contributed by atoms with E-state index in [1.165, 1.54) is 6.26 Å². The first-order valence-corrected chi connectivity index (χ1v) is 8.99. The van der Waals surface area contributed by atoms with Crippen LogP contribution in [0.5, 0.6) is 0 Å². The molecule has 0 aliphatic heterocycles. The molecule has 0 amide bonds. The number of rotatable bonds is 7. The van der Waals surface area contributed by atoms with Crippen LogP contribution in [0.4, 0.5) is 0 Å². The minimum absolute atomic E-state index is 0.0931. The molecule has 0 aliphatic rings. The summed E-state index contributed by atoms with van der Waals surface area (Å²) in [6.07, 6.45) is 2.74. The predicted octanol–water partition coefficient (Wildman–Crippen LogP) is 2.95. The van der Waals surface area contributed by atoms with Crippen molar-refractivity contribution in [3.8, 4) is 0 Å². The van der Waals surface area contributed by atoms with Crippen LogP contribution in [0.15, 0.2) is 18.2 Å². The minimum atomic E-state index is -3.04. The highest BCUT2D eigenvalue weighted by atomic mass is 35.5. The van der Waals surface area contributed by atoms with Crippen LogP contribution in [-0.2, 0) is 16.3 Å². The summed E-state index contributed by atoms with van der Waals surface area (Å²) in [4.78, 5) is 0. The highest BCUT2D eigenvalue weighted by Gasteiger charge is 2.17. The van der Waals surface area contributed by atoms with E-state index in [1.807, 2.05) is 19.1 Å². The van der Waals surface area contributed by atoms with Gasteiger partial charge in [-0.2, -0.15) is 0 Å². The molecule has 1 aromatic carbocycles. The summed E-state index contributed by atoms with van der Waals surface area (Å²) in [5.74, 6) is 0.0931. The largest absolute Gasteiger partial charge is 0.313 e. The third kappa shape index (κ3) is 6.13. The van der Waals surface area contributed by atoms with Crippen LogP contribution < -0.4 is 5.32 Å². The maximum atomic E-state index is 11.4. The van der Waals surface area contributed by atoms with Crippen LogP contribution in [0.3, 0.4) is 0 Å². The highest BCUT2D eigenvalue weighted by molar-refractivity contribution is 7.90. The lowest BCUT2D eigenvalue weighted by molar-refractivity contribution is 0.530. The molecule has 0 heterocycles. The molecule has 108 valence electrons. The number of benzene rings is 1. The lowest BCUT2D eigenvalue weighted by atomic mass is 10.1. The summed E-state index contributed by atoms with van der Waals surface area (Å²) in [6, 6.07) is 5.27. The quantitative estimate of drug-likeness (QED) is 0.839. The number of sulfone groups is 1. The zero-order valence-electron chi connectivity index (χ0n) is 11.1. The van der Waals surface area contributed by atoms with E-state index in [2.05, 4.69) is 5.32 Å². The Labute approximate surface area is 125 Å². The first-order valence-electron chi connectivity index (χ1n) is 6.17. The number of hydrogen-bond acceptors (Lipinski definition) is 3. The van der Waals surface area contributed by atoms with E-state index >= 15 is 0 Å². The molecule has 1 aromatic rings. The SMILES string of the molecule is CCCNC(Cc1cccc(Cl)c1Cl)CS(C)(=O)=O. The second-order valence-corrected chi connectivity index (χ2v) is 7.63. The van der Waals surface area contributed by atoms with Gasteiger partial charge in [0.15, 0.2) is 0 Å². The Bertz CT molecular complexity index is 517. The molecule has 0 saturated heterocycles. The molecular formula is C13H19Cl2NO2S. The molecule has 6 heteroatoms. The zero-order valence-corrected chi connectivity index (χ0v) is 13.4. The number of halogens is 2. The molecule has 0 saturated carbocycles. The molecule has 19 heavy (non-hydrogen) atoms. The number of hydrogen-bond donors (Lipinski definition) is 1. The molecule has 1 unspecified atom stereocenters. The van der Waals surface area contributed by atoms with E-state index in [1.54, 1.807) is 6.07 Å². The van der Waals surface area contributed by atoms with E-state index in [-0.39, 0.29) is 11.8 Å². The van der Waals surface area contributed by atoms with Crippen molar-refractivity contribution in [3.05, 3.63) is 33.8 Å². The highest BCUT2D eigenvalue weighted by Crippen LogP contribution is 2.26. The summed E-state index contributed by atoms with van der Waals surface area (Å²) >= 11 is 12.1. The normalized spacial score (nSPS) is 13.5. The fraction of sp³-hybridized carbons (Fsp3) is 0.538. The average molecular weight is 324 g/mol. The van der Waals surface area contributed by atoms with E-state index in [0.717, 1.165) is 18.5 Å². The molecular weight excluding hydrogens is 305 g/mol. The molecule has 1 N–H and O–H groups in total. The molecule has 0 spiro atoms. The van der Waals surface area contributed by atoms with Crippen molar-refractivity contribution in [3.63, 3.8) is 0 Å². The van der Waals surface area contributed by atoms with Gasteiger partial charge in [-0.05, 0) is 31.0 Å². The maximum absolute atomic E-state index is 11.4. The molecule has 0 aliphatic carbocycles. The van der Waals surface area contributed by atoms with Crippen LogP contribution in [0, 0.1) is 0 Å². The summed E-state index contributed by atoms with van der Waals surface area (Å²) in [5.41, 5.74) is 0.867. The van der Waals surface area contributed by atoms with Crippen molar-refractivity contribution in [2.24, 2.45) is 0 Å². The maximum Gasteiger partial charge on any atom is 0.148 e. The van der Waals surface area contributed by atoms with Crippen molar-refractivity contribution < 1.29 is 8.42 Å². The monoisotopic (exact) mass is 323 g/mol. The lowest BCUT2D eigenvalue weighted by Crippen LogP contribution is -2.37. The topological polar surface area (TPSA) is 46.2 Å². The minimum Gasteiger partial charge on any atom is -0.313 e. The van der Waals surface area contributed by atoms with Gasteiger partial charge in [-0.3, -0.25) is 0 Å². The van der Waals surface area contributed by atoms with Gasteiger partial charge < -0.3 is 5.32 Å². The molecule has 0 bridgehead atoms. The molecule has 1 atom stereocenters. The van der Waals surface area contributed by atoms with Gasteiger partial charge >= 0.3 is 0 Å². The third-order valence-corrected chi connectivity index (χ3v) is 4.55. The van der Waals surface area contributed by atoms with Crippen LogP contribution >= 0.6 is 23.2 Å². The smallest absolute Gasteiger partial charge is 0.148 e. The Morgan fingerprint density at radius 1 is 1.32 bits per heavy atom. The van der Waals surface area contributed by atoms with Gasteiger partial charge in [-0.1, -0.05) is 42.3 Å². The van der Waals surface area contributed by atoms with E-state index in [4.69, 9.17) is 23.2 Å². The van der Waals surface area contributed by atoms with Crippen LogP contribution in [0.1, 0.15) is 18.9 Å². The van der Waals surface area contributed by atoms with Crippen molar-refractivity contribution in [2.45, 2.75) is 25.8 Å². The molecule has 0 aromatic heterocycles. The van der Waals surface area contributed by atoms with Crippen molar-refractivity contribution in [1.29, 1.82) is 0 Å². The first kappa shape index (κ1) is 16.8. The van der Waals surface area contributed by atoms with Gasteiger partial charge in [0.2, 0.25) is 0 Å². The summed E-state index contributed by atoms with van der Waals surface area (Å²) in [7, 11) is -3.04. The van der Waals surface area contributed by atoms with Crippen molar-refractivity contribution in [1.82, 2.24) is 5.32 Å². The van der Waals surface area contributed by atoms with Crippen LogP contribution in [0.25, 0.3) is 0 Å². The van der Waals surface area contributed by atoms with Crippen LogP contribution in [-0.4, -0.2) is 33.0 Å². The Balaban J connectivity index is 2.84. The lowest BCUT2D eigenvalue weighted by Gasteiger charge is -2.18. The summed E-state index contributed by atoms with van der Waals surface area (Å²) in [5, 5.41) is 4.23. The standard InChI is InChI=1S/C13H19Cl2NO2S/c1-3-7-16-11(9-19(2,17)18)8-10-5-4-6-12(14)13(10)15/h4-6,11,16H,3,7-9H2,1-2H3. The molecule has 0 fully saturated rings. The Kier molecular flexibility index (Phi) is 6.60. The number of nitrogens with one attached hydrogen (secondary N) is 1. The van der Waals surface area contributed by atoms with Gasteiger partial charge in [0, 0.05) is 12.3 Å². The first-order chi connectivity index (χ1) is 8.83. The van der Waals surface area contributed by atoms with Gasteiger partial charge in [0.25, 0.3) is 0 Å². The van der Waals surface area contributed by atoms with Gasteiger partial charge in [0.1, 0.15) is 9.84 Å². The fourth-order valence-corrected chi connectivity index (χ4v) is 3.24. The van der Waals surface area contributed by atoms with E-state index in [9.17, 15) is 8.42 Å². The van der Waals surface area contributed by atoms with Gasteiger partial charge in [-0.15, -0.1) is 0 Å². The third-order valence-electron chi connectivity index (χ3n) is 2.68. The Morgan fingerprint density at radius 3 is 2.58 bits per heavy atom. The Hall–Kier alpha value is -0.290. The molecule has 3 nitrogen and oxygen atoms in total.